The number of methoxy groups -OCH3 is 1. The van der Waals surface area contributed by atoms with E-state index in [1.165, 1.54) is 18.9 Å². The Balaban J connectivity index is 2.06. The molecule has 0 aromatic heterocycles. The number of esters is 1. The Morgan fingerprint density at radius 3 is 2.41 bits per heavy atom. The van der Waals surface area contributed by atoms with Crippen molar-refractivity contribution >= 4 is 23.4 Å². The number of likely N-dealkylation sites (tertiary alicyclic amines) is 1. The number of carbonyl (C=O) groups is 3. The molecule has 1 aliphatic rings. The fourth-order valence-corrected chi connectivity index (χ4v) is 3.68. The molecule has 1 heterocycles. The fourth-order valence-electron chi connectivity index (χ4n) is 3.68. The van der Waals surface area contributed by atoms with Crippen LogP contribution in [0.3, 0.4) is 0 Å². The zero-order chi connectivity index (χ0) is 24.8. The van der Waals surface area contributed by atoms with Gasteiger partial charge in [-0.05, 0) is 35.7 Å². The second-order valence-electron chi connectivity index (χ2n) is 8.38. The molecule has 1 amide bonds. The first-order valence-corrected chi connectivity index (χ1v) is 11.0. The number of carbonyl (C=O) groups excluding carboxylic acids is 3. The van der Waals surface area contributed by atoms with E-state index in [2.05, 4.69) is 0 Å². The van der Waals surface area contributed by atoms with Gasteiger partial charge in [-0.2, -0.15) is 0 Å². The van der Waals surface area contributed by atoms with Gasteiger partial charge in [0.25, 0.3) is 11.7 Å². The average molecular weight is 468 g/mol. The maximum atomic E-state index is 13.0. The number of amides is 1. The lowest BCUT2D eigenvalue weighted by Crippen LogP contribution is -2.32. The molecule has 2 aromatic carbocycles. The summed E-state index contributed by atoms with van der Waals surface area (Å²) in [6.45, 7) is 6.22. The number of aliphatic hydroxyl groups excluding tert-OH is 1. The zero-order valence-corrected chi connectivity index (χ0v) is 19.7. The van der Waals surface area contributed by atoms with Crippen LogP contribution in [0.25, 0.3) is 5.76 Å². The minimum absolute atomic E-state index is 0.0256. The van der Waals surface area contributed by atoms with Gasteiger partial charge >= 0.3 is 5.97 Å². The van der Waals surface area contributed by atoms with Crippen LogP contribution in [-0.4, -0.2) is 54.5 Å². The van der Waals surface area contributed by atoms with Crippen LogP contribution in [0.15, 0.2) is 54.1 Å². The Labute approximate surface area is 198 Å². The minimum atomic E-state index is -0.832. The molecular formula is C26H29NO7. The van der Waals surface area contributed by atoms with E-state index < -0.39 is 23.7 Å². The molecule has 8 heteroatoms. The van der Waals surface area contributed by atoms with E-state index in [-0.39, 0.29) is 24.5 Å². The molecule has 2 aromatic rings. The maximum Gasteiger partial charge on any atom is 0.308 e. The van der Waals surface area contributed by atoms with Gasteiger partial charge in [-0.15, -0.1) is 0 Å². The molecule has 34 heavy (non-hydrogen) atoms. The summed E-state index contributed by atoms with van der Waals surface area (Å²) in [5.41, 5.74) is 0.926. The van der Waals surface area contributed by atoms with E-state index in [4.69, 9.17) is 14.2 Å². The Hall–Kier alpha value is -3.65. The van der Waals surface area contributed by atoms with Gasteiger partial charge in [0.15, 0.2) is 0 Å². The van der Waals surface area contributed by atoms with Crippen molar-refractivity contribution in [3.05, 3.63) is 65.2 Å². The monoisotopic (exact) mass is 467 g/mol. The highest BCUT2D eigenvalue weighted by Crippen LogP contribution is 2.40. The van der Waals surface area contributed by atoms with Crippen molar-refractivity contribution in [1.82, 2.24) is 4.90 Å². The van der Waals surface area contributed by atoms with E-state index in [9.17, 15) is 19.5 Å². The smallest absolute Gasteiger partial charge is 0.308 e. The van der Waals surface area contributed by atoms with Gasteiger partial charge in [0.2, 0.25) is 0 Å². The third-order valence-corrected chi connectivity index (χ3v) is 5.22. The molecule has 1 aliphatic heterocycles. The number of benzene rings is 2. The highest BCUT2D eigenvalue weighted by molar-refractivity contribution is 6.46. The normalized spacial score (nSPS) is 17.3. The molecular weight excluding hydrogens is 438 g/mol. The number of hydrogen-bond acceptors (Lipinski definition) is 7. The van der Waals surface area contributed by atoms with Gasteiger partial charge < -0.3 is 24.2 Å². The molecule has 1 atom stereocenters. The first-order valence-electron chi connectivity index (χ1n) is 11.0. The highest BCUT2D eigenvalue weighted by atomic mass is 16.5. The number of aliphatic hydroxyl groups is 1. The van der Waals surface area contributed by atoms with Crippen LogP contribution < -0.4 is 9.47 Å². The van der Waals surface area contributed by atoms with E-state index in [1.54, 1.807) is 48.5 Å². The lowest BCUT2D eigenvalue weighted by molar-refractivity contribution is -0.140. The Morgan fingerprint density at radius 2 is 1.79 bits per heavy atom. The second kappa shape index (κ2) is 11.0. The average Bonchev–Trinajstić information content (AvgIpc) is 3.06. The Kier molecular flexibility index (Phi) is 8.07. The summed E-state index contributed by atoms with van der Waals surface area (Å²) >= 11 is 0. The molecule has 1 fully saturated rings. The quantitative estimate of drug-likeness (QED) is 0.197. The van der Waals surface area contributed by atoms with Crippen molar-refractivity contribution in [1.29, 1.82) is 0 Å². The molecule has 0 radical (unpaired) electrons. The summed E-state index contributed by atoms with van der Waals surface area (Å²) < 4.78 is 15.9. The topological polar surface area (TPSA) is 102 Å². The van der Waals surface area contributed by atoms with Crippen molar-refractivity contribution in [3.8, 4) is 11.5 Å². The summed E-state index contributed by atoms with van der Waals surface area (Å²) in [6, 6.07) is 12.4. The van der Waals surface area contributed by atoms with Crippen LogP contribution in [0.1, 0.15) is 37.9 Å². The van der Waals surface area contributed by atoms with E-state index >= 15 is 0 Å². The lowest BCUT2D eigenvalue weighted by Gasteiger charge is -2.25. The largest absolute Gasteiger partial charge is 0.507 e. The molecule has 1 saturated heterocycles. The van der Waals surface area contributed by atoms with E-state index in [1.807, 2.05) is 13.8 Å². The molecule has 1 N–H and O–H groups in total. The van der Waals surface area contributed by atoms with Crippen molar-refractivity contribution in [2.45, 2.75) is 26.8 Å². The van der Waals surface area contributed by atoms with Crippen LogP contribution in [0.2, 0.25) is 0 Å². The summed E-state index contributed by atoms with van der Waals surface area (Å²) in [6.07, 6.45) is 0. The number of nitrogens with zero attached hydrogens (tertiary/aromatic N) is 1. The molecule has 0 aliphatic carbocycles. The fraction of sp³-hybridized carbons (Fsp3) is 0.346. The van der Waals surface area contributed by atoms with Gasteiger partial charge in [0, 0.05) is 26.1 Å². The number of Topliss-reactive ketones (excluding diaryl/α,β-unsaturated/α-hetero) is 1. The third-order valence-electron chi connectivity index (χ3n) is 5.22. The summed E-state index contributed by atoms with van der Waals surface area (Å²) in [5, 5.41) is 11.2. The number of ketones is 1. The summed E-state index contributed by atoms with van der Waals surface area (Å²) in [4.78, 5) is 38.5. The molecule has 1 unspecified atom stereocenters. The van der Waals surface area contributed by atoms with Crippen LogP contribution in [0.4, 0.5) is 0 Å². The van der Waals surface area contributed by atoms with Crippen LogP contribution in [0.5, 0.6) is 11.5 Å². The SMILES string of the molecule is COCCN1C(=O)C(=O)/C(=C(\O)c2cccc(OCC(C)C)c2)C1c1ccc(OC(C)=O)cc1. The van der Waals surface area contributed by atoms with Gasteiger partial charge in [0.05, 0.1) is 24.8 Å². The Morgan fingerprint density at radius 1 is 1.09 bits per heavy atom. The zero-order valence-electron chi connectivity index (χ0n) is 19.7. The van der Waals surface area contributed by atoms with Gasteiger partial charge in [-0.3, -0.25) is 14.4 Å². The number of ether oxygens (including phenoxy) is 3. The number of rotatable bonds is 9. The summed E-state index contributed by atoms with van der Waals surface area (Å²) in [7, 11) is 1.50. The lowest BCUT2D eigenvalue weighted by atomic mass is 9.95. The maximum absolute atomic E-state index is 13.0. The van der Waals surface area contributed by atoms with E-state index in [0.29, 0.717) is 35.2 Å². The number of hydrogen-bond donors (Lipinski definition) is 1. The molecule has 180 valence electrons. The predicted molar refractivity (Wildman–Crippen MR) is 125 cm³/mol. The van der Waals surface area contributed by atoms with Crippen molar-refractivity contribution in [2.24, 2.45) is 5.92 Å². The van der Waals surface area contributed by atoms with Gasteiger partial charge in [-0.25, -0.2) is 0 Å². The molecule has 3 rings (SSSR count). The van der Waals surface area contributed by atoms with Crippen LogP contribution in [0, 0.1) is 5.92 Å². The van der Waals surface area contributed by atoms with Gasteiger partial charge in [-0.1, -0.05) is 38.1 Å². The van der Waals surface area contributed by atoms with E-state index in [0.717, 1.165) is 0 Å². The first-order chi connectivity index (χ1) is 16.2. The van der Waals surface area contributed by atoms with Crippen molar-refractivity contribution in [2.75, 3.05) is 26.9 Å². The highest BCUT2D eigenvalue weighted by Gasteiger charge is 2.45. The molecule has 0 saturated carbocycles. The second-order valence-corrected chi connectivity index (χ2v) is 8.38. The van der Waals surface area contributed by atoms with Gasteiger partial charge in [0.1, 0.15) is 17.3 Å². The third kappa shape index (κ3) is 5.63. The Bertz CT molecular complexity index is 1090. The predicted octanol–water partition coefficient (Wildman–Crippen LogP) is 3.71. The molecule has 0 spiro atoms. The van der Waals surface area contributed by atoms with Crippen molar-refractivity contribution in [3.63, 3.8) is 0 Å². The first kappa shape index (κ1) is 25.0. The molecule has 0 bridgehead atoms. The van der Waals surface area contributed by atoms with Crippen LogP contribution in [-0.2, 0) is 19.1 Å². The summed E-state index contributed by atoms with van der Waals surface area (Å²) in [5.74, 6) is -1.05. The standard InChI is InChI=1S/C26H29NO7/c1-16(2)15-33-21-7-5-6-19(14-21)24(29)22-23(27(12-13-32-4)26(31)25(22)30)18-8-10-20(11-9-18)34-17(3)28/h5-11,14,16,23,29H,12-13,15H2,1-4H3/b24-22-. The molecule has 8 nitrogen and oxygen atoms in total. The van der Waals surface area contributed by atoms with Crippen molar-refractivity contribution < 1.29 is 33.7 Å². The minimum Gasteiger partial charge on any atom is -0.507 e. The van der Waals surface area contributed by atoms with Crippen LogP contribution >= 0.6 is 0 Å².